The molecule has 0 unspecified atom stereocenters. The Morgan fingerprint density at radius 2 is 1.97 bits per heavy atom. The zero-order valence-electron chi connectivity index (χ0n) is 15.3. The molecule has 0 saturated heterocycles. The Bertz CT molecular complexity index is 1190. The second-order valence-corrected chi connectivity index (χ2v) is 6.82. The molecular formula is C18H12F3N5O3S. The molecule has 12 heteroatoms. The largest absolute Gasteiger partial charge is 0.471 e. The monoisotopic (exact) mass is 435 g/mol. The van der Waals surface area contributed by atoms with Gasteiger partial charge in [0, 0.05) is 5.56 Å². The fourth-order valence-electron chi connectivity index (χ4n) is 2.71. The fourth-order valence-corrected chi connectivity index (χ4v) is 3.37. The molecule has 1 amide bonds. The average molecular weight is 435 g/mol. The highest BCUT2D eigenvalue weighted by Gasteiger charge is 2.38. The van der Waals surface area contributed by atoms with Gasteiger partial charge >= 0.3 is 12.1 Å². The number of carbonyl (C=O) groups is 1. The number of amides is 1. The lowest BCUT2D eigenvalue weighted by Gasteiger charge is -2.20. The third kappa shape index (κ3) is 3.86. The molecule has 0 fully saturated rings. The summed E-state index contributed by atoms with van der Waals surface area (Å²) < 4.78 is 46.5. The van der Waals surface area contributed by atoms with Crippen LogP contribution in [0.15, 0.2) is 47.0 Å². The summed E-state index contributed by atoms with van der Waals surface area (Å²) in [5.74, 6) is -1.96. The Morgan fingerprint density at radius 1 is 1.20 bits per heavy atom. The minimum absolute atomic E-state index is 0.109. The Morgan fingerprint density at radius 3 is 2.63 bits per heavy atom. The normalized spacial score (nSPS) is 11.7. The minimum atomic E-state index is -4.71. The summed E-state index contributed by atoms with van der Waals surface area (Å²) in [5.41, 5.74) is 2.05. The number of aromatic nitrogens is 4. The molecule has 4 aromatic rings. The maximum Gasteiger partial charge on any atom is 0.471 e. The molecule has 0 aliphatic heterocycles. The van der Waals surface area contributed by atoms with E-state index in [1.807, 2.05) is 0 Å². The van der Waals surface area contributed by atoms with Crippen molar-refractivity contribution in [3.63, 3.8) is 0 Å². The number of halogens is 3. The van der Waals surface area contributed by atoms with Gasteiger partial charge in [-0.3, -0.25) is 9.63 Å². The summed E-state index contributed by atoms with van der Waals surface area (Å²) in [4.78, 5) is 21.5. The number of benzene rings is 2. The van der Waals surface area contributed by atoms with Crippen molar-refractivity contribution in [1.82, 2.24) is 24.8 Å². The zero-order chi connectivity index (χ0) is 21.3. The van der Waals surface area contributed by atoms with Crippen LogP contribution < -0.4 is 0 Å². The second kappa shape index (κ2) is 7.80. The summed E-state index contributed by atoms with van der Waals surface area (Å²) in [6.45, 7) is 0.109. The van der Waals surface area contributed by atoms with Gasteiger partial charge in [0.05, 0.1) is 23.9 Å². The number of alkyl halides is 3. The molecule has 2 aromatic carbocycles. The Hall–Kier alpha value is -3.38. The number of hydroxylamine groups is 2. The quantitative estimate of drug-likeness (QED) is 0.438. The Balaban J connectivity index is 1.52. The van der Waals surface area contributed by atoms with Crippen molar-refractivity contribution < 1.29 is 27.3 Å². The first-order chi connectivity index (χ1) is 14.4. The molecule has 2 heterocycles. The van der Waals surface area contributed by atoms with Gasteiger partial charge in [0.1, 0.15) is 5.52 Å². The van der Waals surface area contributed by atoms with Crippen LogP contribution in [0.3, 0.4) is 0 Å². The van der Waals surface area contributed by atoms with Crippen LogP contribution in [0.1, 0.15) is 21.8 Å². The molecule has 0 atom stereocenters. The van der Waals surface area contributed by atoms with Gasteiger partial charge in [0.25, 0.3) is 5.91 Å². The van der Waals surface area contributed by atoms with E-state index in [0.717, 1.165) is 11.5 Å². The molecule has 4 rings (SSSR count). The number of nitrogens with zero attached hydrogens (tertiary/aromatic N) is 5. The van der Waals surface area contributed by atoms with Gasteiger partial charge in [0.2, 0.25) is 5.82 Å². The van der Waals surface area contributed by atoms with Gasteiger partial charge < -0.3 is 4.52 Å². The number of carbonyl (C=O) groups excluding carboxylic acids is 1. The third-order valence-electron chi connectivity index (χ3n) is 4.16. The molecule has 0 N–H and O–H groups in total. The second-order valence-electron chi connectivity index (χ2n) is 6.07. The molecule has 0 spiro atoms. The van der Waals surface area contributed by atoms with E-state index in [0.29, 0.717) is 26.9 Å². The van der Waals surface area contributed by atoms with Crippen LogP contribution in [0.2, 0.25) is 0 Å². The maximum absolute atomic E-state index is 12.9. The number of hydrogen-bond acceptors (Lipinski definition) is 8. The fraction of sp³-hybridized carbons (Fsp3) is 0.167. The van der Waals surface area contributed by atoms with E-state index in [-0.39, 0.29) is 18.3 Å². The Kier molecular flexibility index (Phi) is 5.18. The highest BCUT2D eigenvalue weighted by Crippen LogP contribution is 2.29. The first kappa shape index (κ1) is 19.9. The summed E-state index contributed by atoms with van der Waals surface area (Å²) in [7, 11) is 1.37. The number of rotatable bonds is 5. The van der Waals surface area contributed by atoms with Crippen molar-refractivity contribution in [1.29, 1.82) is 0 Å². The van der Waals surface area contributed by atoms with E-state index in [4.69, 9.17) is 4.84 Å². The van der Waals surface area contributed by atoms with Gasteiger partial charge in [0.15, 0.2) is 0 Å². The molecular weight excluding hydrogens is 423 g/mol. The molecule has 8 nitrogen and oxygen atoms in total. The van der Waals surface area contributed by atoms with Gasteiger partial charge in [-0.1, -0.05) is 40.0 Å². The summed E-state index contributed by atoms with van der Waals surface area (Å²) in [6, 6.07) is 11.5. The van der Waals surface area contributed by atoms with Crippen molar-refractivity contribution in [2.75, 3.05) is 7.11 Å². The minimum Gasteiger partial charge on any atom is -0.329 e. The lowest BCUT2D eigenvalue weighted by atomic mass is 10.1. The van der Waals surface area contributed by atoms with Crippen LogP contribution in [0.25, 0.3) is 21.6 Å². The van der Waals surface area contributed by atoms with E-state index in [9.17, 15) is 18.0 Å². The van der Waals surface area contributed by atoms with Crippen LogP contribution in [0.5, 0.6) is 0 Å². The van der Waals surface area contributed by atoms with Crippen molar-refractivity contribution in [3.8, 4) is 11.4 Å². The van der Waals surface area contributed by atoms with Crippen molar-refractivity contribution in [3.05, 3.63) is 59.5 Å². The van der Waals surface area contributed by atoms with Crippen molar-refractivity contribution in [2.24, 2.45) is 0 Å². The van der Waals surface area contributed by atoms with Crippen molar-refractivity contribution >= 4 is 27.7 Å². The van der Waals surface area contributed by atoms with Gasteiger partial charge in [-0.15, -0.1) is 5.10 Å². The summed E-state index contributed by atoms with van der Waals surface area (Å²) >= 11 is 1.11. The van der Waals surface area contributed by atoms with E-state index in [1.165, 1.54) is 24.3 Å². The predicted molar refractivity (Wildman–Crippen MR) is 99.0 cm³/mol. The van der Waals surface area contributed by atoms with Gasteiger partial charge in [-0.05, 0) is 29.2 Å². The predicted octanol–water partition coefficient (Wildman–Crippen LogP) is 3.96. The smallest absolute Gasteiger partial charge is 0.329 e. The maximum atomic E-state index is 12.9. The molecule has 0 aliphatic rings. The zero-order valence-corrected chi connectivity index (χ0v) is 16.1. The number of fused-ring (bicyclic) bond motifs is 1. The van der Waals surface area contributed by atoms with Gasteiger partial charge in [-0.2, -0.15) is 18.2 Å². The molecule has 2 aromatic heterocycles. The van der Waals surface area contributed by atoms with E-state index >= 15 is 0 Å². The van der Waals surface area contributed by atoms with Crippen LogP contribution in [0.4, 0.5) is 13.2 Å². The molecule has 0 bridgehead atoms. The van der Waals surface area contributed by atoms with Crippen LogP contribution in [0, 0.1) is 0 Å². The first-order valence-corrected chi connectivity index (χ1v) is 9.21. The average Bonchev–Trinajstić information content (AvgIpc) is 3.41. The highest BCUT2D eigenvalue weighted by molar-refractivity contribution is 7.13. The van der Waals surface area contributed by atoms with E-state index < -0.39 is 12.1 Å². The lowest BCUT2D eigenvalue weighted by molar-refractivity contribution is -0.159. The van der Waals surface area contributed by atoms with Crippen LogP contribution in [-0.4, -0.2) is 37.8 Å². The molecule has 0 aliphatic carbocycles. The van der Waals surface area contributed by atoms with E-state index in [2.05, 4.69) is 24.3 Å². The van der Waals surface area contributed by atoms with Crippen LogP contribution in [-0.2, 0) is 17.6 Å². The summed E-state index contributed by atoms with van der Waals surface area (Å²) in [5, 5.41) is 8.47. The topological polar surface area (TPSA) is 94.2 Å². The standard InChI is InChI=1S/C18H12F3N5O3S/c1-28-26(16(27)12-3-2-4-13-14(12)30-25-23-13)9-10-5-7-11(8-6-10)15-22-17(29-24-15)18(19,20)21/h2-8H,9H2,1H3. The van der Waals surface area contributed by atoms with Crippen LogP contribution >= 0.6 is 11.5 Å². The van der Waals surface area contributed by atoms with E-state index in [1.54, 1.807) is 30.3 Å². The first-order valence-electron chi connectivity index (χ1n) is 8.44. The molecule has 30 heavy (non-hydrogen) atoms. The number of hydrogen-bond donors (Lipinski definition) is 0. The summed E-state index contributed by atoms with van der Waals surface area (Å²) in [6.07, 6.45) is -4.71. The molecule has 154 valence electrons. The SMILES string of the molecule is CON(Cc1ccc(-c2noc(C(F)(F)F)n2)cc1)C(=O)c1cccc2nnsc12. The molecule has 0 saturated carbocycles. The Labute approximate surface area is 171 Å². The molecule has 0 radical (unpaired) electrons. The van der Waals surface area contributed by atoms with Gasteiger partial charge in [-0.25, -0.2) is 5.06 Å². The third-order valence-corrected chi connectivity index (χ3v) is 4.93. The lowest BCUT2D eigenvalue weighted by Crippen LogP contribution is -2.29. The van der Waals surface area contributed by atoms with Crippen molar-refractivity contribution in [2.45, 2.75) is 12.7 Å². The highest BCUT2D eigenvalue weighted by atomic mass is 32.1.